The molecular formula is C27H38O2. The van der Waals surface area contributed by atoms with Crippen LogP contribution in [-0.2, 0) is 19.3 Å². The van der Waals surface area contributed by atoms with E-state index in [9.17, 15) is 0 Å². The van der Waals surface area contributed by atoms with Crippen LogP contribution in [0.15, 0.2) is 48.5 Å². The number of hydrogen-bond donors (Lipinski definition) is 2. The van der Waals surface area contributed by atoms with Crippen molar-refractivity contribution in [1.82, 2.24) is 0 Å². The first-order chi connectivity index (χ1) is 14.2. The van der Waals surface area contributed by atoms with Crippen LogP contribution in [0.1, 0.15) is 73.6 Å². The number of hydrogen-bond acceptors (Lipinski definition) is 2. The second-order valence-electron chi connectivity index (χ2n) is 9.14. The maximum Gasteiger partial charge on any atom is 0.0481 e. The van der Waals surface area contributed by atoms with E-state index in [1.54, 1.807) is 0 Å². The van der Waals surface area contributed by atoms with E-state index in [1.165, 1.54) is 47.9 Å². The second-order valence-corrected chi connectivity index (χ2v) is 9.14. The highest BCUT2D eigenvalue weighted by Crippen LogP contribution is 2.35. The SMILES string of the molecule is CC1CCC(c2ccc(CCc3ccc(CCCC(CO)CO)cc3)cc2)CC1. The zero-order valence-electron chi connectivity index (χ0n) is 18.0. The Labute approximate surface area is 177 Å². The Hall–Kier alpha value is -1.64. The average molecular weight is 395 g/mol. The van der Waals surface area contributed by atoms with Crippen molar-refractivity contribution in [1.29, 1.82) is 0 Å². The summed E-state index contributed by atoms with van der Waals surface area (Å²) in [5, 5.41) is 18.3. The van der Waals surface area contributed by atoms with Gasteiger partial charge in [0.2, 0.25) is 0 Å². The molecule has 0 aromatic heterocycles. The van der Waals surface area contributed by atoms with Crippen molar-refractivity contribution in [2.45, 2.75) is 70.6 Å². The summed E-state index contributed by atoms with van der Waals surface area (Å²) in [5.41, 5.74) is 5.70. The van der Waals surface area contributed by atoms with Crippen LogP contribution < -0.4 is 0 Å². The summed E-state index contributed by atoms with van der Waals surface area (Å²) < 4.78 is 0. The van der Waals surface area contributed by atoms with Gasteiger partial charge in [-0.3, -0.25) is 0 Å². The smallest absolute Gasteiger partial charge is 0.0481 e. The van der Waals surface area contributed by atoms with Crippen LogP contribution in [0.3, 0.4) is 0 Å². The number of aliphatic hydroxyl groups excluding tert-OH is 2. The first-order valence-corrected chi connectivity index (χ1v) is 11.6. The molecule has 158 valence electrons. The minimum atomic E-state index is 0.0299. The Morgan fingerprint density at radius 3 is 1.72 bits per heavy atom. The normalized spacial score (nSPS) is 19.6. The Bertz CT molecular complexity index is 692. The first-order valence-electron chi connectivity index (χ1n) is 11.6. The lowest BCUT2D eigenvalue weighted by molar-refractivity contribution is 0.142. The summed E-state index contributed by atoms with van der Waals surface area (Å²) in [6, 6.07) is 18.4. The Balaban J connectivity index is 1.42. The van der Waals surface area contributed by atoms with Crippen LogP contribution in [0.25, 0.3) is 0 Å². The molecule has 0 atom stereocenters. The molecule has 0 bridgehead atoms. The van der Waals surface area contributed by atoms with E-state index >= 15 is 0 Å². The quantitative estimate of drug-likeness (QED) is 0.543. The predicted octanol–water partition coefficient (Wildman–Crippen LogP) is 5.69. The van der Waals surface area contributed by atoms with Gasteiger partial charge in [-0.05, 0) is 79.0 Å². The highest BCUT2D eigenvalue weighted by atomic mass is 16.3. The maximum absolute atomic E-state index is 9.14. The van der Waals surface area contributed by atoms with Crippen molar-refractivity contribution < 1.29 is 10.2 Å². The molecule has 0 saturated heterocycles. The van der Waals surface area contributed by atoms with Gasteiger partial charge in [-0.2, -0.15) is 0 Å². The summed E-state index contributed by atoms with van der Waals surface area (Å²) in [6.07, 6.45) is 10.5. The largest absolute Gasteiger partial charge is 0.396 e. The lowest BCUT2D eigenvalue weighted by Gasteiger charge is -2.26. The molecule has 1 saturated carbocycles. The van der Waals surface area contributed by atoms with E-state index in [4.69, 9.17) is 10.2 Å². The molecule has 0 aliphatic heterocycles. The molecule has 0 radical (unpaired) electrons. The predicted molar refractivity (Wildman–Crippen MR) is 121 cm³/mol. The highest BCUT2D eigenvalue weighted by molar-refractivity contribution is 5.28. The summed E-state index contributed by atoms with van der Waals surface area (Å²) in [4.78, 5) is 0. The molecule has 1 fully saturated rings. The van der Waals surface area contributed by atoms with Crippen molar-refractivity contribution in [3.8, 4) is 0 Å². The molecule has 0 spiro atoms. The number of benzene rings is 2. The monoisotopic (exact) mass is 394 g/mol. The summed E-state index contributed by atoms with van der Waals surface area (Å²) in [7, 11) is 0. The third-order valence-electron chi connectivity index (χ3n) is 6.79. The van der Waals surface area contributed by atoms with Gasteiger partial charge in [0.05, 0.1) is 0 Å². The molecule has 3 rings (SSSR count). The van der Waals surface area contributed by atoms with Crippen LogP contribution in [0.5, 0.6) is 0 Å². The van der Waals surface area contributed by atoms with E-state index in [2.05, 4.69) is 55.5 Å². The molecule has 1 aliphatic carbocycles. The van der Waals surface area contributed by atoms with Gasteiger partial charge in [0.25, 0.3) is 0 Å². The van der Waals surface area contributed by atoms with E-state index in [-0.39, 0.29) is 19.1 Å². The second kappa shape index (κ2) is 11.5. The van der Waals surface area contributed by atoms with Crippen LogP contribution in [0.2, 0.25) is 0 Å². The minimum Gasteiger partial charge on any atom is -0.396 e. The topological polar surface area (TPSA) is 40.5 Å². The number of aliphatic hydroxyl groups is 2. The van der Waals surface area contributed by atoms with Gasteiger partial charge in [0, 0.05) is 19.1 Å². The van der Waals surface area contributed by atoms with E-state index in [0.29, 0.717) is 0 Å². The molecule has 0 amide bonds. The molecule has 2 aromatic carbocycles. The van der Waals surface area contributed by atoms with Crippen LogP contribution in [-0.4, -0.2) is 23.4 Å². The van der Waals surface area contributed by atoms with Crippen LogP contribution in [0.4, 0.5) is 0 Å². The van der Waals surface area contributed by atoms with Crippen LogP contribution in [0, 0.1) is 11.8 Å². The molecule has 29 heavy (non-hydrogen) atoms. The average Bonchev–Trinajstić information content (AvgIpc) is 2.77. The van der Waals surface area contributed by atoms with Gasteiger partial charge in [-0.25, -0.2) is 0 Å². The molecule has 0 heterocycles. The molecule has 2 N–H and O–H groups in total. The van der Waals surface area contributed by atoms with Crippen molar-refractivity contribution in [3.63, 3.8) is 0 Å². The fraction of sp³-hybridized carbons (Fsp3) is 0.556. The molecule has 2 nitrogen and oxygen atoms in total. The minimum absolute atomic E-state index is 0.0299. The Morgan fingerprint density at radius 1 is 0.724 bits per heavy atom. The molecule has 0 unspecified atom stereocenters. The summed E-state index contributed by atoms with van der Waals surface area (Å²) in [6.45, 7) is 2.54. The molecule has 1 aliphatic rings. The van der Waals surface area contributed by atoms with Gasteiger partial charge < -0.3 is 10.2 Å². The molecule has 2 aromatic rings. The van der Waals surface area contributed by atoms with Gasteiger partial charge in [-0.15, -0.1) is 0 Å². The van der Waals surface area contributed by atoms with E-state index in [1.807, 2.05) is 0 Å². The lowest BCUT2D eigenvalue weighted by Crippen LogP contribution is -2.11. The molecule has 2 heteroatoms. The van der Waals surface area contributed by atoms with Gasteiger partial charge in [-0.1, -0.05) is 68.3 Å². The van der Waals surface area contributed by atoms with Gasteiger partial charge >= 0.3 is 0 Å². The van der Waals surface area contributed by atoms with E-state index in [0.717, 1.165) is 43.9 Å². The van der Waals surface area contributed by atoms with Crippen molar-refractivity contribution in [2.75, 3.05) is 13.2 Å². The maximum atomic E-state index is 9.14. The third kappa shape index (κ3) is 6.97. The summed E-state index contributed by atoms with van der Waals surface area (Å²) in [5.74, 6) is 1.72. The lowest BCUT2D eigenvalue weighted by atomic mass is 9.79. The zero-order chi connectivity index (χ0) is 20.5. The summed E-state index contributed by atoms with van der Waals surface area (Å²) >= 11 is 0. The Kier molecular flexibility index (Phi) is 8.76. The Morgan fingerprint density at radius 2 is 1.21 bits per heavy atom. The number of aryl methyl sites for hydroxylation is 3. The third-order valence-corrected chi connectivity index (χ3v) is 6.79. The van der Waals surface area contributed by atoms with Crippen molar-refractivity contribution in [2.24, 2.45) is 11.8 Å². The van der Waals surface area contributed by atoms with Crippen LogP contribution >= 0.6 is 0 Å². The fourth-order valence-electron chi connectivity index (χ4n) is 4.55. The van der Waals surface area contributed by atoms with Crippen molar-refractivity contribution >= 4 is 0 Å². The van der Waals surface area contributed by atoms with Crippen molar-refractivity contribution in [3.05, 3.63) is 70.8 Å². The standard InChI is InChI=1S/C27H38O2/c1-21-5-15-26(16-6-21)27-17-13-24(14-18-27)12-11-23-9-7-22(8-10-23)3-2-4-25(19-28)20-29/h7-10,13-14,17-18,21,25-26,28-29H,2-6,11-12,15-16,19-20H2,1H3. The highest BCUT2D eigenvalue weighted by Gasteiger charge is 2.19. The zero-order valence-corrected chi connectivity index (χ0v) is 18.0. The van der Waals surface area contributed by atoms with Gasteiger partial charge in [0.1, 0.15) is 0 Å². The number of rotatable bonds is 10. The van der Waals surface area contributed by atoms with Gasteiger partial charge in [0.15, 0.2) is 0 Å². The first kappa shape index (κ1) is 22.1. The molecular weight excluding hydrogens is 356 g/mol. The van der Waals surface area contributed by atoms with E-state index < -0.39 is 0 Å². The fourth-order valence-corrected chi connectivity index (χ4v) is 4.55.